The molecule has 6 heteroatoms. The second-order valence-electron chi connectivity index (χ2n) is 8.09. The van der Waals surface area contributed by atoms with E-state index >= 15 is 0 Å². The number of hydrogen-bond acceptors (Lipinski definition) is 3. The molecular weight excluding hydrogens is 407 g/mol. The number of carbonyl (C=O) groups is 2. The van der Waals surface area contributed by atoms with Crippen LogP contribution in [0.5, 0.6) is 0 Å². The lowest BCUT2D eigenvalue weighted by atomic mass is 9.99. The van der Waals surface area contributed by atoms with Gasteiger partial charge in [-0.2, -0.15) is 0 Å². The minimum Gasteiger partial charge on any atom is -0.478 e. The van der Waals surface area contributed by atoms with Gasteiger partial charge in [0.15, 0.2) is 0 Å². The summed E-state index contributed by atoms with van der Waals surface area (Å²) in [6, 6.07) is 19.6. The van der Waals surface area contributed by atoms with Crippen LogP contribution in [0.15, 0.2) is 72.8 Å². The number of aryl methyl sites for hydroxylation is 1. The number of carboxylic acid groups (broad SMARTS) is 1. The van der Waals surface area contributed by atoms with Crippen LogP contribution >= 0.6 is 0 Å². The largest absolute Gasteiger partial charge is 0.478 e. The molecule has 3 aromatic rings. The van der Waals surface area contributed by atoms with Gasteiger partial charge in [-0.25, -0.2) is 9.18 Å². The molecule has 4 rings (SSSR count). The first kappa shape index (κ1) is 21.6. The summed E-state index contributed by atoms with van der Waals surface area (Å²) in [5, 5.41) is 12.5. The zero-order chi connectivity index (χ0) is 22.7. The molecule has 0 saturated carbocycles. The number of rotatable bonds is 6. The number of amides is 1. The van der Waals surface area contributed by atoms with Crippen molar-refractivity contribution in [2.75, 3.05) is 11.9 Å². The Bertz CT molecular complexity index is 1130. The quantitative estimate of drug-likeness (QED) is 0.551. The molecule has 32 heavy (non-hydrogen) atoms. The first-order valence-electron chi connectivity index (χ1n) is 10.7. The van der Waals surface area contributed by atoms with Crippen LogP contribution in [0, 0.1) is 12.7 Å². The summed E-state index contributed by atoms with van der Waals surface area (Å²) in [7, 11) is 0. The molecule has 2 N–H and O–H groups in total. The summed E-state index contributed by atoms with van der Waals surface area (Å²) < 4.78 is 14.4. The SMILES string of the molecule is Cc1ccc(C(Nc2ccccc2F)C(=O)N2CCC[C@H]2c2cccc(C(=O)O)c2)cc1. The minimum absolute atomic E-state index is 0.166. The fraction of sp³-hybridized carbons (Fsp3) is 0.231. The van der Waals surface area contributed by atoms with Crippen molar-refractivity contribution in [1.82, 2.24) is 4.90 Å². The molecule has 1 fully saturated rings. The van der Waals surface area contributed by atoms with Gasteiger partial charge in [0.2, 0.25) is 5.91 Å². The van der Waals surface area contributed by atoms with Gasteiger partial charge in [0.05, 0.1) is 17.3 Å². The summed E-state index contributed by atoms with van der Waals surface area (Å²) in [5.41, 5.74) is 3.06. The number of carboxylic acids is 1. The molecule has 1 aliphatic heterocycles. The Kier molecular flexibility index (Phi) is 6.21. The highest BCUT2D eigenvalue weighted by Gasteiger charge is 2.35. The lowest BCUT2D eigenvalue weighted by Gasteiger charge is -2.30. The summed E-state index contributed by atoms with van der Waals surface area (Å²) >= 11 is 0. The smallest absolute Gasteiger partial charge is 0.335 e. The number of anilines is 1. The van der Waals surface area contributed by atoms with Gasteiger partial charge in [-0.3, -0.25) is 4.79 Å². The maximum Gasteiger partial charge on any atom is 0.335 e. The molecule has 0 radical (unpaired) electrons. The molecule has 5 nitrogen and oxygen atoms in total. The van der Waals surface area contributed by atoms with E-state index in [9.17, 15) is 19.1 Å². The maximum absolute atomic E-state index is 14.4. The van der Waals surface area contributed by atoms with Crippen molar-refractivity contribution in [3.8, 4) is 0 Å². The normalized spacial score (nSPS) is 16.6. The minimum atomic E-state index is -0.999. The van der Waals surface area contributed by atoms with Crippen LogP contribution in [0.3, 0.4) is 0 Å². The Labute approximate surface area is 186 Å². The van der Waals surface area contributed by atoms with E-state index in [1.807, 2.05) is 37.3 Å². The van der Waals surface area contributed by atoms with Gasteiger partial charge in [-0.15, -0.1) is 0 Å². The second kappa shape index (κ2) is 9.22. The molecule has 1 aliphatic rings. The highest BCUT2D eigenvalue weighted by molar-refractivity contribution is 5.88. The molecule has 1 saturated heterocycles. The summed E-state index contributed by atoms with van der Waals surface area (Å²) in [6.07, 6.45) is 1.56. The number of hydrogen-bond donors (Lipinski definition) is 2. The molecule has 164 valence electrons. The fourth-order valence-electron chi connectivity index (χ4n) is 4.20. The highest BCUT2D eigenvalue weighted by atomic mass is 19.1. The number of halogens is 1. The number of aromatic carboxylic acids is 1. The second-order valence-corrected chi connectivity index (χ2v) is 8.09. The summed E-state index contributed by atoms with van der Waals surface area (Å²) in [4.78, 5) is 27.0. The molecule has 2 atom stereocenters. The van der Waals surface area contributed by atoms with Crippen molar-refractivity contribution in [2.45, 2.75) is 31.8 Å². The molecule has 1 heterocycles. The van der Waals surface area contributed by atoms with Crippen LogP contribution in [0.4, 0.5) is 10.1 Å². The number of para-hydroxylation sites is 1. The van der Waals surface area contributed by atoms with Gasteiger partial charge >= 0.3 is 5.97 Å². The van der Waals surface area contributed by atoms with Crippen molar-refractivity contribution >= 4 is 17.6 Å². The Hall–Kier alpha value is -3.67. The van der Waals surface area contributed by atoms with Crippen molar-refractivity contribution in [1.29, 1.82) is 0 Å². The van der Waals surface area contributed by atoms with E-state index in [4.69, 9.17) is 0 Å². The van der Waals surface area contributed by atoms with Crippen molar-refractivity contribution in [3.63, 3.8) is 0 Å². The molecule has 3 aromatic carbocycles. The van der Waals surface area contributed by atoms with Crippen molar-refractivity contribution < 1.29 is 19.1 Å². The van der Waals surface area contributed by atoms with E-state index in [2.05, 4.69) is 5.32 Å². The van der Waals surface area contributed by atoms with Crippen LogP contribution in [-0.2, 0) is 4.79 Å². The van der Waals surface area contributed by atoms with E-state index in [-0.39, 0.29) is 23.2 Å². The third-order valence-corrected chi connectivity index (χ3v) is 5.89. The lowest BCUT2D eigenvalue weighted by Crippen LogP contribution is -2.37. The first-order valence-corrected chi connectivity index (χ1v) is 10.7. The number of carbonyl (C=O) groups excluding carboxylic acids is 1. The first-order chi connectivity index (χ1) is 15.4. The van der Waals surface area contributed by atoms with Gasteiger partial charge in [0.25, 0.3) is 0 Å². The molecular formula is C26H25FN2O3. The molecule has 1 unspecified atom stereocenters. The van der Waals surface area contributed by atoms with Crippen LogP contribution in [-0.4, -0.2) is 28.4 Å². The standard InChI is InChI=1S/C26H25FN2O3/c1-17-11-13-18(14-12-17)24(28-22-9-3-2-8-21(22)27)25(30)29-15-5-10-23(29)19-6-4-7-20(16-19)26(31)32/h2-4,6-9,11-14,16,23-24,28H,5,10,15H2,1H3,(H,31,32)/t23-,24?/m0/s1. The van der Waals surface area contributed by atoms with Crippen molar-refractivity contribution in [3.05, 3.63) is 101 Å². The predicted octanol–water partition coefficient (Wildman–Crippen LogP) is 5.35. The number of benzene rings is 3. The Morgan fingerprint density at radius 1 is 1.06 bits per heavy atom. The van der Waals surface area contributed by atoms with Crippen LogP contribution < -0.4 is 5.32 Å². The lowest BCUT2D eigenvalue weighted by molar-refractivity contribution is -0.133. The summed E-state index contributed by atoms with van der Waals surface area (Å²) in [6.45, 7) is 2.53. The average Bonchev–Trinajstić information content (AvgIpc) is 3.29. The molecule has 0 bridgehead atoms. The van der Waals surface area contributed by atoms with Crippen molar-refractivity contribution in [2.24, 2.45) is 0 Å². The Balaban J connectivity index is 1.68. The van der Waals surface area contributed by atoms with E-state index in [1.54, 1.807) is 41.3 Å². The van der Waals surface area contributed by atoms with E-state index < -0.39 is 17.8 Å². The molecule has 0 aliphatic carbocycles. The Morgan fingerprint density at radius 3 is 2.53 bits per heavy atom. The van der Waals surface area contributed by atoms with Crippen LogP contribution in [0.25, 0.3) is 0 Å². The van der Waals surface area contributed by atoms with Gasteiger partial charge < -0.3 is 15.3 Å². The third kappa shape index (κ3) is 4.49. The zero-order valence-electron chi connectivity index (χ0n) is 17.8. The number of nitrogens with zero attached hydrogens (tertiary/aromatic N) is 1. The molecule has 0 aromatic heterocycles. The molecule has 1 amide bonds. The highest BCUT2D eigenvalue weighted by Crippen LogP contribution is 2.35. The van der Waals surface area contributed by atoms with E-state index in [1.165, 1.54) is 6.07 Å². The summed E-state index contributed by atoms with van der Waals surface area (Å²) in [5.74, 6) is -1.59. The number of nitrogens with one attached hydrogen (secondary N) is 1. The average molecular weight is 432 g/mol. The van der Waals surface area contributed by atoms with Gasteiger partial charge in [-0.05, 0) is 55.2 Å². The monoisotopic (exact) mass is 432 g/mol. The fourth-order valence-corrected chi connectivity index (χ4v) is 4.20. The maximum atomic E-state index is 14.4. The molecule has 0 spiro atoms. The Morgan fingerprint density at radius 2 is 1.81 bits per heavy atom. The van der Waals surface area contributed by atoms with Gasteiger partial charge in [-0.1, -0.05) is 54.1 Å². The third-order valence-electron chi connectivity index (χ3n) is 5.89. The predicted molar refractivity (Wildman–Crippen MR) is 121 cm³/mol. The topological polar surface area (TPSA) is 69.6 Å². The van der Waals surface area contributed by atoms with E-state index in [0.29, 0.717) is 6.54 Å². The zero-order valence-corrected chi connectivity index (χ0v) is 17.8. The van der Waals surface area contributed by atoms with Crippen LogP contribution in [0.1, 0.15) is 52.0 Å². The van der Waals surface area contributed by atoms with Gasteiger partial charge in [0.1, 0.15) is 11.9 Å². The number of likely N-dealkylation sites (tertiary alicyclic amines) is 1. The van der Waals surface area contributed by atoms with E-state index in [0.717, 1.165) is 29.5 Å². The van der Waals surface area contributed by atoms with Crippen LogP contribution in [0.2, 0.25) is 0 Å². The van der Waals surface area contributed by atoms with Gasteiger partial charge in [0, 0.05) is 6.54 Å².